The molecular weight excluding hydrogens is 431 g/mol. The van der Waals surface area contributed by atoms with Crippen LogP contribution < -0.4 is 0 Å². The molecule has 162 valence electrons. The monoisotopic (exact) mass is 456 g/mol. The summed E-state index contributed by atoms with van der Waals surface area (Å²) in [6.07, 6.45) is 4.78. The summed E-state index contributed by atoms with van der Waals surface area (Å²) in [5, 5.41) is 9.26. The average Bonchev–Trinajstić information content (AvgIpc) is 3.45. The summed E-state index contributed by atoms with van der Waals surface area (Å²) in [6.45, 7) is 1.67. The lowest BCUT2D eigenvalue weighted by Gasteiger charge is -2.06. The Morgan fingerprint density at radius 3 is 1.71 bits per heavy atom. The molecule has 6 heteroatoms. The molecule has 0 atom stereocenters. The predicted octanol–water partition coefficient (Wildman–Crippen LogP) is 5.80. The number of carbonyl (C=O) groups excluding carboxylic acids is 1. The number of aliphatic hydroxyl groups excluding tert-OH is 1. The third-order valence-corrected chi connectivity index (χ3v) is 4.46. The molecule has 2 aromatic heterocycles. The highest BCUT2D eigenvalue weighted by Crippen LogP contribution is 2.07. The number of halogens is 2. The Bertz CT molecular complexity index is 999. The van der Waals surface area contributed by atoms with E-state index >= 15 is 0 Å². The Labute approximate surface area is 193 Å². The van der Waals surface area contributed by atoms with Gasteiger partial charge < -0.3 is 14.2 Å². The summed E-state index contributed by atoms with van der Waals surface area (Å²) in [5.41, 5.74) is 4.12. The lowest BCUT2D eigenvalue weighted by molar-refractivity contribution is 0.111. The maximum atomic E-state index is 10.7. The third kappa shape index (κ3) is 8.46. The van der Waals surface area contributed by atoms with E-state index in [1.165, 1.54) is 11.1 Å². The Morgan fingerprint density at radius 2 is 1.19 bits per heavy atom. The Balaban J connectivity index is 0.000000196. The number of nitrogens with zero attached hydrogens (tertiary/aromatic N) is 2. The minimum atomic E-state index is 0.0971. The van der Waals surface area contributed by atoms with Crippen molar-refractivity contribution < 1.29 is 9.90 Å². The van der Waals surface area contributed by atoms with Crippen LogP contribution in [0.15, 0.2) is 97.3 Å². The molecule has 4 nitrogen and oxygen atoms in total. The summed E-state index contributed by atoms with van der Waals surface area (Å²) in [5.74, 6) is 0. The second-order valence-corrected chi connectivity index (χ2v) is 7.34. The zero-order chi connectivity index (χ0) is 22.3. The first-order valence-corrected chi connectivity index (χ1v) is 10.8. The highest BCUT2D eigenvalue weighted by molar-refractivity contribution is 6.40. The smallest absolute Gasteiger partial charge is 0.166 e. The van der Waals surface area contributed by atoms with E-state index in [1.807, 2.05) is 77.6 Å². The van der Waals surface area contributed by atoms with Gasteiger partial charge in [-0.3, -0.25) is 4.79 Å². The maximum absolute atomic E-state index is 10.7. The maximum Gasteiger partial charge on any atom is 0.166 e. The molecule has 0 saturated heterocycles. The molecule has 0 aliphatic rings. The molecule has 0 bridgehead atoms. The van der Waals surface area contributed by atoms with Gasteiger partial charge in [-0.25, -0.2) is 0 Å². The number of rotatable bonds is 6. The van der Waals surface area contributed by atoms with E-state index < -0.39 is 0 Å². The number of carbonyl (C=O) groups is 1. The molecule has 0 aliphatic carbocycles. The van der Waals surface area contributed by atoms with E-state index in [4.69, 9.17) is 28.3 Å². The van der Waals surface area contributed by atoms with Crippen molar-refractivity contribution in [1.82, 2.24) is 9.13 Å². The first kappa shape index (κ1) is 24.5. The van der Waals surface area contributed by atoms with Gasteiger partial charge in [0.05, 0.1) is 17.6 Å². The Morgan fingerprint density at radius 1 is 0.710 bits per heavy atom. The molecule has 2 heterocycles. The van der Waals surface area contributed by atoms with E-state index in [9.17, 15) is 4.79 Å². The summed E-state index contributed by atoms with van der Waals surface area (Å²) >= 11 is 9.53. The molecule has 1 N–H and O–H groups in total. The first-order chi connectivity index (χ1) is 15.2. The molecule has 0 spiro atoms. The van der Waals surface area contributed by atoms with Gasteiger partial charge in [0.25, 0.3) is 0 Å². The SMILES string of the molecule is ClCCl.O=Cc1cccn1Cc1ccccc1.OCc1cccn1Cc1ccccc1. The molecule has 0 fully saturated rings. The van der Waals surface area contributed by atoms with E-state index in [2.05, 4.69) is 28.8 Å². The Hall–Kier alpha value is -2.79. The fourth-order valence-corrected chi connectivity index (χ4v) is 2.99. The molecule has 0 radical (unpaired) electrons. The molecule has 0 aliphatic heterocycles. The van der Waals surface area contributed by atoms with Crippen LogP contribution >= 0.6 is 23.2 Å². The zero-order valence-corrected chi connectivity index (χ0v) is 18.7. The van der Waals surface area contributed by atoms with E-state index in [1.54, 1.807) is 0 Å². The van der Waals surface area contributed by atoms with Gasteiger partial charge in [-0.2, -0.15) is 0 Å². The molecule has 0 amide bonds. The van der Waals surface area contributed by atoms with Crippen LogP contribution in [0.3, 0.4) is 0 Å². The van der Waals surface area contributed by atoms with Crippen LogP contribution in [0.25, 0.3) is 0 Å². The minimum Gasteiger partial charge on any atom is -0.390 e. The van der Waals surface area contributed by atoms with Crippen LogP contribution in [-0.2, 0) is 19.7 Å². The summed E-state index contributed by atoms with van der Waals surface area (Å²) < 4.78 is 3.98. The minimum absolute atomic E-state index is 0.0971. The van der Waals surface area contributed by atoms with Gasteiger partial charge in [0, 0.05) is 31.2 Å². The van der Waals surface area contributed by atoms with Crippen molar-refractivity contribution in [2.75, 3.05) is 5.34 Å². The van der Waals surface area contributed by atoms with Gasteiger partial charge >= 0.3 is 0 Å². The number of hydrogen-bond acceptors (Lipinski definition) is 2. The fourth-order valence-electron chi connectivity index (χ4n) is 2.99. The van der Waals surface area contributed by atoms with E-state index in [0.717, 1.165) is 25.1 Å². The second-order valence-electron chi connectivity index (χ2n) is 6.54. The second kappa shape index (κ2) is 14.3. The topological polar surface area (TPSA) is 47.2 Å². The predicted molar refractivity (Wildman–Crippen MR) is 128 cm³/mol. The standard InChI is InChI=1S/C12H13NO.C12H11NO.CH2Cl2/c2*14-10-12-7-4-8-13(12)9-11-5-2-1-3-6-11;2-1-3/h1-8,14H,9-10H2;1-8,10H,9H2;1H2. The van der Waals surface area contributed by atoms with Crippen molar-refractivity contribution in [3.05, 3.63) is 120 Å². The van der Waals surface area contributed by atoms with Crippen molar-refractivity contribution in [2.45, 2.75) is 19.7 Å². The number of aliphatic hydroxyl groups is 1. The van der Waals surface area contributed by atoms with Crippen molar-refractivity contribution in [2.24, 2.45) is 0 Å². The van der Waals surface area contributed by atoms with E-state index in [0.29, 0.717) is 5.69 Å². The van der Waals surface area contributed by atoms with Crippen molar-refractivity contribution >= 4 is 29.5 Å². The van der Waals surface area contributed by atoms with Crippen LogP contribution in [0, 0.1) is 0 Å². The largest absolute Gasteiger partial charge is 0.390 e. The van der Waals surface area contributed by atoms with Crippen molar-refractivity contribution in [3.8, 4) is 0 Å². The van der Waals surface area contributed by atoms with Gasteiger partial charge in [-0.05, 0) is 35.4 Å². The molecular formula is C25H26Cl2N2O2. The Kier molecular flexibility index (Phi) is 11.3. The van der Waals surface area contributed by atoms with Crippen LogP contribution in [-0.4, -0.2) is 25.9 Å². The van der Waals surface area contributed by atoms with Gasteiger partial charge in [-0.15, -0.1) is 23.2 Å². The third-order valence-electron chi connectivity index (χ3n) is 4.46. The average molecular weight is 457 g/mol. The summed E-state index contributed by atoms with van der Waals surface area (Å²) in [7, 11) is 0. The number of aromatic nitrogens is 2. The first-order valence-electron chi connectivity index (χ1n) is 9.76. The van der Waals surface area contributed by atoms with Crippen LogP contribution in [0.1, 0.15) is 27.3 Å². The number of aldehydes is 1. The number of hydrogen-bond donors (Lipinski definition) is 1. The molecule has 31 heavy (non-hydrogen) atoms. The summed E-state index contributed by atoms with van der Waals surface area (Å²) in [6, 6.07) is 27.9. The van der Waals surface area contributed by atoms with Gasteiger partial charge in [0.15, 0.2) is 6.29 Å². The highest BCUT2D eigenvalue weighted by Gasteiger charge is 2.00. The molecule has 0 unspecified atom stereocenters. The zero-order valence-electron chi connectivity index (χ0n) is 17.1. The summed E-state index contributed by atoms with van der Waals surface area (Å²) in [4.78, 5) is 10.7. The highest BCUT2D eigenvalue weighted by atomic mass is 35.5. The van der Waals surface area contributed by atoms with Crippen molar-refractivity contribution in [1.29, 1.82) is 0 Å². The van der Waals surface area contributed by atoms with Gasteiger partial charge in [0.1, 0.15) is 0 Å². The quantitative estimate of drug-likeness (QED) is 0.294. The molecule has 4 rings (SSSR count). The van der Waals surface area contributed by atoms with Gasteiger partial charge in [0.2, 0.25) is 0 Å². The fraction of sp³-hybridized carbons (Fsp3) is 0.160. The number of benzene rings is 2. The molecule has 4 aromatic rings. The molecule has 0 saturated carbocycles. The number of alkyl halides is 2. The van der Waals surface area contributed by atoms with Gasteiger partial charge in [-0.1, -0.05) is 60.7 Å². The normalized spacial score (nSPS) is 9.77. The molecule has 2 aromatic carbocycles. The van der Waals surface area contributed by atoms with Crippen LogP contribution in [0.5, 0.6) is 0 Å². The lowest BCUT2D eigenvalue weighted by Crippen LogP contribution is -2.02. The van der Waals surface area contributed by atoms with Crippen LogP contribution in [0.4, 0.5) is 0 Å². The van der Waals surface area contributed by atoms with E-state index in [-0.39, 0.29) is 11.9 Å². The van der Waals surface area contributed by atoms with Crippen molar-refractivity contribution in [3.63, 3.8) is 0 Å². The van der Waals surface area contributed by atoms with Crippen LogP contribution in [0.2, 0.25) is 0 Å². The lowest BCUT2D eigenvalue weighted by atomic mass is 10.2.